The highest BCUT2D eigenvalue weighted by atomic mass is 16.6. The number of cyclic esters (lactones) is 1. The largest absolute Gasteiger partial charge is 0.462 e. The minimum Gasteiger partial charge on any atom is -0.462 e. The van der Waals surface area contributed by atoms with E-state index in [9.17, 15) is 14.7 Å². The fourth-order valence-electron chi connectivity index (χ4n) is 1.98. The van der Waals surface area contributed by atoms with Gasteiger partial charge in [-0.3, -0.25) is 4.79 Å². The minimum absolute atomic E-state index is 0.203. The van der Waals surface area contributed by atoms with Gasteiger partial charge in [0.2, 0.25) is 0 Å². The van der Waals surface area contributed by atoms with Gasteiger partial charge in [0.1, 0.15) is 12.2 Å². The van der Waals surface area contributed by atoms with E-state index in [1.807, 2.05) is 0 Å². The van der Waals surface area contributed by atoms with Crippen molar-refractivity contribution in [3.63, 3.8) is 0 Å². The topological polar surface area (TPSA) is 72.8 Å². The van der Waals surface area contributed by atoms with Crippen molar-refractivity contribution in [1.29, 1.82) is 0 Å². The molecule has 1 saturated heterocycles. The molecule has 5 heteroatoms. The lowest BCUT2D eigenvalue weighted by Gasteiger charge is -2.24. The van der Waals surface area contributed by atoms with Gasteiger partial charge in [-0.25, -0.2) is 4.79 Å². The Bertz CT molecular complexity index is 276. The lowest BCUT2D eigenvalue weighted by Crippen LogP contribution is -2.31. The Morgan fingerprint density at radius 1 is 1.41 bits per heavy atom. The van der Waals surface area contributed by atoms with Crippen LogP contribution >= 0.6 is 0 Å². The van der Waals surface area contributed by atoms with Gasteiger partial charge < -0.3 is 14.6 Å². The maximum absolute atomic E-state index is 11.4. The fraction of sp³-hybridized carbons (Fsp3) is 0.833. The summed E-state index contributed by atoms with van der Waals surface area (Å²) < 4.78 is 10.2. The number of aliphatic hydroxyl groups excluding tert-OH is 1. The van der Waals surface area contributed by atoms with Crippen molar-refractivity contribution in [2.45, 2.75) is 64.3 Å². The number of carbonyl (C=O) groups is 2. The molecule has 0 aromatic carbocycles. The zero-order chi connectivity index (χ0) is 12.8. The van der Waals surface area contributed by atoms with Crippen LogP contribution in [-0.4, -0.2) is 35.4 Å². The van der Waals surface area contributed by atoms with E-state index in [2.05, 4.69) is 0 Å². The van der Waals surface area contributed by atoms with Gasteiger partial charge in [0.05, 0.1) is 0 Å². The Kier molecular flexibility index (Phi) is 5.41. The number of esters is 2. The molecule has 0 aromatic heterocycles. The standard InChI is InChI=1S/C12H20O5/c1-8-7-10(17-9(2)13)5-3-4-6-11(14)12(15)16-8/h8,10-11,14H,3-7H2,1-2H3. The van der Waals surface area contributed by atoms with E-state index in [4.69, 9.17) is 9.47 Å². The number of hydrogen-bond donors (Lipinski definition) is 1. The third kappa shape index (κ3) is 5.17. The van der Waals surface area contributed by atoms with E-state index in [0.29, 0.717) is 12.8 Å². The van der Waals surface area contributed by atoms with Gasteiger partial charge in [-0.05, 0) is 26.2 Å². The molecule has 0 amide bonds. The Balaban J connectivity index is 2.56. The minimum atomic E-state index is -1.03. The van der Waals surface area contributed by atoms with Crippen molar-refractivity contribution in [2.75, 3.05) is 0 Å². The van der Waals surface area contributed by atoms with Crippen molar-refractivity contribution in [3.05, 3.63) is 0 Å². The SMILES string of the molecule is CC(=O)OC1CCCCC(O)C(=O)OC(C)C1. The number of ether oxygens (including phenoxy) is 2. The molecule has 1 N–H and O–H groups in total. The van der Waals surface area contributed by atoms with Crippen LogP contribution in [0.3, 0.4) is 0 Å². The second-order valence-electron chi connectivity index (χ2n) is 4.51. The van der Waals surface area contributed by atoms with Crippen LogP contribution in [0.5, 0.6) is 0 Å². The highest BCUT2D eigenvalue weighted by Gasteiger charge is 2.24. The van der Waals surface area contributed by atoms with Crippen molar-refractivity contribution >= 4 is 11.9 Å². The highest BCUT2D eigenvalue weighted by molar-refractivity contribution is 5.74. The third-order valence-electron chi connectivity index (χ3n) is 2.77. The van der Waals surface area contributed by atoms with Crippen molar-refractivity contribution in [3.8, 4) is 0 Å². The van der Waals surface area contributed by atoms with Crippen molar-refractivity contribution < 1.29 is 24.2 Å². The van der Waals surface area contributed by atoms with Gasteiger partial charge in [-0.1, -0.05) is 6.42 Å². The first kappa shape index (κ1) is 14.0. The van der Waals surface area contributed by atoms with E-state index in [1.54, 1.807) is 6.92 Å². The molecule has 1 aliphatic heterocycles. The summed E-state index contributed by atoms with van der Waals surface area (Å²) in [6.07, 6.45) is 1.61. The van der Waals surface area contributed by atoms with E-state index < -0.39 is 12.1 Å². The zero-order valence-corrected chi connectivity index (χ0v) is 10.3. The molecular weight excluding hydrogens is 224 g/mol. The molecule has 0 radical (unpaired) electrons. The summed E-state index contributed by atoms with van der Waals surface area (Å²) >= 11 is 0. The maximum atomic E-state index is 11.4. The molecule has 0 bridgehead atoms. The van der Waals surface area contributed by atoms with E-state index in [1.165, 1.54) is 6.92 Å². The first-order valence-corrected chi connectivity index (χ1v) is 6.05. The first-order valence-electron chi connectivity index (χ1n) is 6.05. The predicted molar refractivity (Wildman–Crippen MR) is 60.2 cm³/mol. The molecule has 1 rings (SSSR count). The van der Waals surface area contributed by atoms with Crippen molar-refractivity contribution in [1.82, 2.24) is 0 Å². The summed E-state index contributed by atoms with van der Waals surface area (Å²) in [4.78, 5) is 22.3. The van der Waals surface area contributed by atoms with Gasteiger partial charge in [-0.2, -0.15) is 0 Å². The van der Waals surface area contributed by atoms with E-state index >= 15 is 0 Å². The predicted octanol–water partition coefficient (Wildman–Crippen LogP) is 1.17. The second kappa shape index (κ2) is 6.59. The van der Waals surface area contributed by atoms with E-state index in [0.717, 1.165) is 19.3 Å². The maximum Gasteiger partial charge on any atom is 0.335 e. The average molecular weight is 244 g/mol. The lowest BCUT2D eigenvalue weighted by atomic mass is 10.0. The molecule has 3 unspecified atom stereocenters. The van der Waals surface area contributed by atoms with Crippen LogP contribution in [-0.2, 0) is 19.1 Å². The normalized spacial score (nSPS) is 31.5. The van der Waals surface area contributed by atoms with Crippen LogP contribution in [0.25, 0.3) is 0 Å². The van der Waals surface area contributed by atoms with Gasteiger partial charge in [0.25, 0.3) is 0 Å². The monoisotopic (exact) mass is 244 g/mol. The van der Waals surface area contributed by atoms with Crippen molar-refractivity contribution in [2.24, 2.45) is 0 Å². The van der Waals surface area contributed by atoms with Crippen LogP contribution < -0.4 is 0 Å². The first-order chi connectivity index (χ1) is 7.99. The van der Waals surface area contributed by atoms with Gasteiger partial charge in [-0.15, -0.1) is 0 Å². The molecule has 1 fully saturated rings. The lowest BCUT2D eigenvalue weighted by molar-refractivity contribution is -0.162. The van der Waals surface area contributed by atoms with Crippen LogP contribution in [0.15, 0.2) is 0 Å². The molecule has 0 saturated carbocycles. The molecule has 3 atom stereocenters. The summed E-state index contributed by atoms with van der Waals surface area (Å²) in [6, 6.07) is 0. The number of carbonyl (C=O) groups excluding carboxylic acids is 2. The van der Waals surface area contributed by atoms with Crippen LogP contribution in [0.1, 0.15) is 46.0 Å². The Morgan fingerprint density at radius 3 is 2.71 bits per heavy atom. The zero-order valence-electron chi connectivity index (χ0n) is 10.3. The van der Waals surface area contributed by atoms with Crippen LogP contribution in [0.4, 0.5) is 0 Å². The molecule has 1 aliphatic rings. The summed E-state index contributed by atoms with van der Waals surface area (Å²) in [5.41, 5.74) is 0. The molecule has 1 heterocycles. The Labute approximate surface area is 101 Å². The summed E-state index contributed by atoms with van der Waals surface area (Å²) in [6.45, 7) is 3.11. The number of aliphatic hydroxyl groups is 1. The van der Waals surface area contributed by atoms with Gasteiger partial charge in [0, 0.05) is 13.3 Å². The highest BCUT2D eigenvalue weighted by Crippen LogP contribution is 2.18. The fourth-order valence-corrected chi connectivity index (χ4v) is 1.98. The summed E-state index contributed by atoms with van der Waals surface area (Å²) in [5, 5.41) is 9.47. The average Bonchev–Trinajstić information content (AvgIpc) is 2.21. The molecule has 5 nitrogen and oxygen atoms in total. The molecular formula is C12H20O5. The summed E-state index contributed by atoms with van der Waals surface area (Å²) in [5.74, 6) is -0.897. The second-order valence-corrected chi connectivity index (χ2v) is 4.51. The summed E-state index contributed by atoms with van der Waals surface area (Å²) in [7, 11) is 0. The van der Waals surface area contributed by atoms with Crippen LogP contribution in [0.2, 0.25) is 0 Å². The third-order valence-corrected chi connectivity index (χ3v) is 2.77. The molecule has 98 valence electrons. The van der Waals surface area contributed by atoms with E-state index in [-0.39, 0.29) is 18.2 Å². The van der Waals surface area contributed by atoms with Gasteiger partial charge in [0.15, 0.2) is 6.10 Å². The number of rotatable bonds is 1. The van der Waals surface area contributed by atoms with Crippen LogP contribution in [0, 0.1) is 0 Å². The molecule has 0 aromatic rings. The molecule has 0 spiro atoms. The number of hydrogen-bond acceptors (Lipinski definition) is 5. The quantitative estimate of drug-likeness (QED) is 0.701. The van der Waals surface area contributed by atoms with Gasteiger partial charge >= 0.3 is 11.9 Å². The smallest absolute Gasteiger partial charge is 0.335 e. The Hall–Kier alpha value is -1.10. The molecule has 0 aliphatic carbocycles. The Morgan fingerprint density at radius 2 is 2.06 bits per heavy atom. The molecule has 17 heavy (non-hydrogen) atoms.